The fourth-order valence-electron chi connectivity index (χ4n) is 1.86. The molecule has 2 aromatic rings. The van der Waals surface area contributed by atoms with E-state index in [-0.39, 0.29) is 0 Å². The van der Waals surface area contributed by atoms with Crippen LogP contribution in [0.25, 0.3) is 0 Å². The monoisotopic (exact) mass is 290 g/mol. The Morgan fingerprint density at radius 3 is 2.45 bits per heavy atom. The fourth-order valence-corrected chi connectivity index (χ4v) is 1.98. The van der Waals surface area contributed by atoms with Crippen LogP contribution in [0.15, 0.2) is 48.5 Å². The van der Waals surface area contributed by atoms with E-state index in [2.05, 4.69) is 0 Å². The summed E-state index contributed by atoms with van der Waals surface area (Å²) >= 11 is 5.81. The maximum absolute atomic E-state index is 11.3. The van der Waals surface area contributed by atoms with E-state index in [0.29, 0.717) is 17.2 Å². The van der Waals surface area contributed by atoms with Gasteiger partial charge in [0.2, 0.25) is 0 Å². The third-order valence-corrected chi connectivity index (χ3v) is 3.22. The lowest BCUT2D eigenvalue weighted by Crippen LogP contribution is -2.29. The van der Waals surface area contributed by atoms with Crippen LogP contribution in [-0.2, 0) is 11.2 Å². The molecule has 4 heteroatoms. The van der Waals surface area contributed by atoms with Gasteiger partial charge in [-0.3, -0.25) is 0 Å². The molecule has 20 heavy (non-hydrogen) atoms. The number of aliphatic carboxylic acids is 1. The molecule has 3 nitrogen and oxygen atoms in total. The quantitative estimate of drug-likeness (QED) is 0.913. The van der Waals surface area contributed by atoms with Crippen LogP contribution in [0.4, 0.5) is 0 Å². The van der Waals surface area contributed by atoms with Crippen LogP contribution in [0.5, 0.6) is 5.75 Å². The molecule has 0 amide bonds. The summed E-state index contributed by atoms with van der Waals surface area (Å²) in [6.45, 7) is 1.89. The summed E-state index contributed by atoms with van der Waals surface area (Å²) in [7, 11) is 0. The summed E-state index contributed by atoms with van der Waals surface area (Å²) < 4.78 is 5.61. The number of para-hydroxylation sites is 1. The standard InChI is InChI=1S/C16H15ClO3/c1-11-4-2-3-5-14(11)20-15(16(18)19)10-12-6-8-13(17)9-7-12/h2-9,15H,10H2,1H3,(H,18,19)/t15-/m1/s1. The van der Waals surface area contributed by atoms with Gasteiger partial charge < -0.3 is 9.84 Å². The Morgan fingerprint density at radius 2 is 1.85 bits per heavy atom. The summed E-state index contributed by atoms with van der Waals surface area (Å²) in [6, 6.07) is 14.5. The van der Waals surface area contributed by atoms with E-state index in [4.69, 9.17) is 16.3 Å². The van der Waals surface area contributed by atoms with E-state index in [1.54, 1.807) is 30.3 Å². The fraction of sp³-hybridized carbons (Fsp3) is 0.188. The van der Waals surface area contributed by atoms with Gasteiger partial charge in [0.25, 0.3) is 0 Å². The van der Waals surface area contributed by atoms with Gasteiger partial charge in [-0.25, -0.2) is 4.79 Å². The van der Waals surface area contributed by atoms with Crippen LogP contribution in [0, 0.1) is 6.92 Å². The summed E-state index contributed by atoms with van der Waals surface area (Å²) in [5.41, 5.74) is 1.78. The molecule has 0 aliphatic carbocycles. The maximum Gasteiger partial charge on any atom is 0.345 e. The number of benzene rings is 2. The lowest BCUT2D eigenvalue weighted by molar-refractivity contribution is -0.145. The van der Waals surface area contributed by atoms with Crippen molar-refractivity contribution in [3.05, 3.63) is 64.7 Å². The maximum atomic E-state index is 11.3. The molecule has 1 atom stereocenters. The average Bonchev–Trinajstić information content (AvgIpc) is 2.42. The zero-order chi connectivity index (χ0) is 14.5. The van der Waals surface area contributed by atoms with E-state index >= 15 is 0 Å². The van der Waals surface area contributed by atoms with Gasteiger partial charge in [0.1, 0.15) is 5.75 Å². The first-order valence-corrected chi connectivity index (χ1v) is 6.63. The number of rotatable bonds is 5. The minimum absolute atomic E-state index is 0.292. The second-order valence-electron chi connectivity index (χ2n) is 4.54. The number of hydrogen-bond acceptors (Lipinski definition) is 2. The molecule has 0 aliphatic rings. The van der Waals surface area contributed by atoms with Crippen LogP contribution in [0.3, 0.4) is 0 Å². The lowest BCUT2D eigenvalue weighted by Gasteiger charge is -2.16. The van der Waals surface area contributed by atoms with E-state index < -0.39 is 12.1 Å². The smallest absolute Gasteiger partial charge is 0.345 e. The van der Waals surface area contributed by atoms with Crippen molar-refractivity contribution in [3.63, 3.8) is 0 Å². The number of carboxylic acid groups (broad SMARTS) is 1. The molecular weight excluding hydrogens is 276 g/mol. The third-order valence-electron chi connectivity index (χ3n) is 2.97. The Balaban J connectivity index is 2.14. The summed E-state index contributed by atoms with van der Waals surface area (Å²) in [6.07, 6.45) is -0.627. The number of hydrogen-bond donors (Lipinski definition) is 1. The van der Waals surface area contributed by atoms with Gasteiger partial charge in [-0.05, 0) is 36.2 Å². The third kappa shape index (κ3) is 3.75. The average molecular weight is 291 g/mol. The van der Waals surface area contributed by atoms with E-state index in [1.807, 2.05) is 25.1 Å². The van der Waals surface area contributed by atoms with Gasteiger partial charge >= 0.3 is 5.97 Å². The van der Waals surface area contributed by atoms with Crippen LogP contribution < -0.4 is 4.74 Å². The summed E-state index contributed by atoms with van der Waals surface area (Å²) in [4.78, 5) is 11.3. The first kappa shape index (κ1) is 14.4. The predicted octanol–water partition coefficient (Wildman–Crippen LogP) is 3.72. The van der Waals surface area contributed by atoms with Gasteiger partial charge in [0.15, 0.2) is 6.10 Å². The SMILES string of the molecule is Cc1ccccc1O[C@H](Cc1ccc(Cl)cc1)C(=O)O. The normalized spacial score (nSPS) is 11.9. The number of carboxylic acids is 1. The van der Waals surface area contributed by atoms with Crippen molar-refractivity contribution in [2.75, 3.05) is 0 Å². The van der Waals surface area contributed by atoms with Crippen LogP contribution >= 0.6 is 11.6 Å². The molecule has 104 valence electrons. The van der Waals surface area contributed by atoms with Crippen molar-refractivity contribution in [2.45, 2.75) is 19.4 Å². The minimum atomic E-state index is -0.983. The molecule has 0 saturated heterocycles. The molecular formula is C16H15ClO3. The van der Waals surface area contributed by atoms with Crippen molar-refractivity contribution in [2.24, 2.45) is 0 Å². The largest absolute Gasteiger partial charge is 0.478 e. The summed E-state index contributed by atoms with van der Waals surface area (Å²) in [5, 5.41) is 9.92. The number of ether oxygens (including phenoxy) is 1. The van der Waals surface area contributed by atoms with Crippen molar-refractivity contribution in [1.29, 1.82) is 0 Å². The Bertz CT molecular complexity index is 593. The van der Waals surface area contributed by atoms with Gasteiger partial charge in [0.05, 0.1) is 0 Å². The molecule has 0 aliphatic heterocycles. The van der Waals surface area contributed by atoms with Gasteiger partial charge in [-0.15, -0.1) is 0 Å². The molecule has 0 saturated carbocycles. The Labute approximate surface area is 122 Å². The topological polar surface area (TPSA) is 46.5 Å². The van der Waals surface area contributed by atoms with E-state index in [9.17, 15) is 9.90 Å². The first-order valence-electron chi connectivity index (χ1n) is 6.26. The summed E-state index contributed by atoms with van der Waals surface area (Å²) in [5.74, 6) is -0.392. The molecule has 0 aromatic heterocycles. The van der Waals surface area contributed by atoms with E-state index in [1.165, 1.54) is 0 Å². The van der Waals surface area contributed by atoms with Crippen molar-refractivity contribution < 1.29 is 14.6 Å². The molecule has 0 spiro atoms. The number of aryl methyl sites for hydroxylation is 1. The zero-order valence-corrected chi connectivity index (χ0v) is 11.8. The van der Waals surface area contributed by atoms with Gasteiger partial charge in [-0.2, -0.15) is 0 Å². The molecule has 2 rings (SSSR count). The highest BCUT2D eigenvalue weighted by molar-refractivity contribution is 6.30. The van der Waals surface area contributed by atoms with Crippen LogP contribution in [0.2, 0.25) is 5.02 Å². The predicted molar refractivity (Wildman–Crippen MR) is 78.4 cm³/mol. The number of carbonyl (C=O) groups is 1. The highest BCUT2D eigenvalue weighted by Gasteiger charge is 2.20. The molecule has 2 aromatic carbocycles. The molecule has 0 fully saturated rings. The van der Waals surface area contributed by atoms with Crippen LogP contribution in [0.1, 0.15) is 11.1 Å². The second-order valence-corrected chi connectivity index (χ2v) is 4.98. The molecule has 0 heterocycles. The molecule has 1 N–H and O–H groups in total. The van der Waals surface area contributed by atoms with Crippen LogP contribution in [-0.4, -0.2) is 17.2 Å². The second kappa shape index (κ2) is 6.44. The molecule has 0 radical (unpaired) electrons. The Kier molecular flexibility index (Phi) is 4.64. The van der Waals surface area contributed by atoms with Crippen molar-refractivity contribution in [1.82, 2.24) is 0 Å². The zero-order valence-electron chi connectivity index (χ0n) is 11.0. The van der Waals surface area contributed by atoms with Gasteiger partial charge in [-0.1, -0.05) is 41.9 Å². The van der Waals surface area contributed by atoms with Crippen molar-refractivity contribution >= 4 is 17.6 Å². The van der Waals surface area contributed by atoms with Gasteiger partial charge in [0, 0.05) is 11.4 Å². The Hall–Kier alpha value is -2.00. The first-order chi connectivity index (χ1) is 9.56. The number of halogens is 1. The highest BCUT2D eigenvalue weighted by Crippen LogP contribution is 2.20. The van der Waals surface area contributed by atoms with E-state index in [0.717, 1.165) is 11.1 Å². The lowest BCUT2D eigenvalue weighted by atomic mass is 10.1. The van der Waals surface area contributed by atoms with Crippen molar-refractivity contribution in [3.8, 4) is 5.75 Å². The highest BCUT2D eigenvalue weighted by atomic mass is 35.5. The minimum Gasteiger partial charge on any atom is -0.478 e. The molecule has 0 unspecified atom stereocenters. The Morgan fingerprint density at radius 1 is 1.20 bits per heavy atom. The molecule has 0 bridgehead atoms.